The van der Waals surface area contributed by atoms with Crippen LogP contribution in [0.1, 0.15) is 40.0 Å². The van der Waals surface area contributed by atoms with Crippen molar-refractivity contribution in [3.8, 4) is 11.8 Å². The Bertz CT molecular complexity index is 481. The highest BCUT2D eigenvalue weighted by Gasteiger charge is 2.41. The van der Waals surface area contributed by atoms with Crippen molar-refractivity contribution >= 4 is 14.2 Å². The average molecular weight is 337 g/mol. The first-order valence-electron chi connectivity index (χ1n) is 8.83. The Morgan fingerprint density at radius 3 is 2.39 bits per heavy atom. The monoisotopic (exact) mass is 336 g/mol. The van der Waals surface area contributed by atoms with Crippen LogP contribution in [0.5, 0.6) is 0 Å². The quantitative estimate of drug-likeness (QED) is 0.584. The molecule has 0 saturated carbocycles. The molecule has 130 valence electrons. The Morgan fingerprint density at radius 1 is 1.17 bits per heavy atom. The second kappa shape index (κ2) is 7.37. The molecule has 23 heavy (non-hydrogen) atoms. The topological polar surface area (TPSA) is 32.8 Å². The van der Waals surface area contributed by atoms with Gasteiger partial charge in [0.1, 0.15) is 0 Å². The van der Waals surface area contributed by atoms with Crippen molar-refractivity contribution in [3.05, 3.63) is 0 Å². The number of hydrogen-bond acceptors (Lipinski definition) is 3. The highest BCUT2D eigenvalue weighted by molar-refractivity contribution is 6.74. The van der Waals surface area contributed by atoms with Crippen molar-refractivity contribution < 1.29 is 9.22 Å². The highest BCUT2D eigenvalue weighted by atomic mass is 28.4. The highest BCUT2D eigenvalue weighted by Crippen LogP contribution is 2.38. The van der Waals surface area contributed by atoms with Crippen LogP contribution in [0.2, 0.25) is 18.1 Å². The second-order valence-corrected chi connectivity index (χ2v) is 13.1. The summed E-state index contributed by atoms with van der Waals surface area (Å²) < 4.78 is 6.37. The normalized spacial score (nSPS) is 23.3. The average Bonchev–Trinajstić information content (AvgIpc) is 3.03. The van der Waals surface area contributed by atoms with Gasteiger partial charge >= 0.3 is 0 Å². The van der Waals surface area contributed by atoms with Crippen LogP contribution in [0.3, 0.4) is 0 Å². The van der Waals surface area contributed by atoms with Crippen LogP contribution in [-0.2, 0) is 9.22 Å². The van der Waals surface area contributed by atoms with Gasteiger partial charge in [0, 0.05) is 6.54 Å². The Morgan fingerprint density at radius 2 is 1.78 bits per heavy atom. The molecule has 2 heterocycles. The van der Waals surface area contributed by atoms with E-state index in [1.165, 1.54) is 25.9 Å². The molecule has 0 aliphatic carbocycles. The minimum atomic E-state index is -1.81. The van der Waals surface area contributed by atoms with Gasteiger partial charge in [0.2, 0.25) is 5.91 Å². The van der Waals surface area contributed by atoms with Crippen LogP contribution in [0, 0.1) is 11.8 Å². The molecule has 0 radical (unpaired) electrons. The lowest BCUT2D eigenvalue weighted by molar-refractivity contribution is -0.127. The van der Waals surface area contributed by atoms with Crippen molar-refractivity contribution in [3.63, 3.8) is 0 Å². The molecule has 0 aromatic heterocycles. The maximum absolute atomic E-state index is 12.2. The second-order valence-electron chi connectivity index (χ2n) is 8.32. The van der Waals surface area contributed by atoms with Crippen molar-refractivity contribution in [1.82, 2.24) is 9.80 Å². The van der Waals surface area contributed by atoms with Gasteiger partial charge in [-0.2, -0.15) is 0 Å². The fourth-order valence-electron chi connectivity index (χ4n) is 2.82. The van der Waals surface area contributed by atoms with Gasteiger partial charge < -0.3 is 9.33 Å². The molecule has 1 unspecified atom stereocenters. The largest absolute Gasteiger partial charge is 0.412 e. The zero-order valence-corrected chi connectivity index (χ0v) is 16.4. The van der Waals surface area contributed by atoms with E-state index < -0.39 is 8.32 Å². The fourth-order valence-corrected chi connectivity index (χ4v) is 4.17. The number of rotatable bonds is 4. The summed E-state index contributed by atoms with van der Waals surface area (Å²) in [5.74, 6) is 6.56. The summed E-state index contributed by atoms with van der Waals surface area (Å²) in [6.45, 7) is 15.6. The van der Waals surface area contributed by atoms with Gasteiger partial charge in [0.25, 0.3) is 0 Å². The van der Waals surface area contributed by atoms with E-state index in [-0.39, 0.29) is 17.0 Å². The van der Waals surface area contributed by atoms with E-state index in [0.717, 1.165) is 6.54 Å². The third-order valence-electron chi connectivity index (χ3n) is 5.34. The molecule has 0 spiro atoms. The summed E-state index contributed by atoms with van der Waals surface area (Å²) in [5.41, 5.74) is 0. The lowest BCUT2D eigenvalue weighted by Gasteiger charge is -2.38. The van der Waals surface area contributed by atoms with Gasteiger partial charge in [-0.25, -0.2) is 0 Å². The summed E-state index contributed by atoms with van der Waals surface area (Å²) in [6, 6.07) is 0. The molecule has 4 nitrogen and oxygen atoms in total. The van der Waals surface area contributed by atoms with E-state index in [0.29, 0.717) is 19.5 Å². The first-order chi connectivity index (χ1) is 10.7. The number of nitrogens with zero attached hydrogens (tertiary/aromatic N) is 2. The lowest BCUT2D eigenvalue weighted by atomic mass is 10.2. The molecule has 2 aliphatic heterocycles. The number of hydrogen-bond donors (Lipinski definition) is 0. The standard InChI is InChI=1S/C18H32N2O2Si/c1-18(2,3)23(4,5)22-16-14-17(21)20(15-16)13-9-8-12-19-10-6-7-11-19/h16H,6-7,10-15H2,1-5H3. The minimum Gasteiger partial charge on any atom is -0.412 e. The molecule has 0 aromatic rings. The van der Waals surface area contributed by atoms with Gasteiger partial charge in [-0.15, -0.1) is 0 Å². The van der Waals surface area contributed by atoms with Crippen LogP contribution >= 0.6 is 0 Å². The van der Waals surface area contributed by atoms with E-state index in [2.05, 4.69) is 50.6 Å². The number of likely N-dealkylation sites (tertiary alicyclic amines) is 2. The summed E-state index contributed by atoms with van der Waals surface area (Å²) >= 11 is 0. The molecular weight excluding hydrogens is 304 g/mol. The Kier molecular flexibility index (Phi) is 5.93. The zero-order chi connectivity index (χ0) is 17.1. The molecule has 1 amide bonds. The van der Waals surface area contributed by atoms with Gasteiger partial charge in [-0.05, 0) is 44.1 Å². The van der Waals surface area contributed by atoms with Gasteiger partial charge in [-0.3, -0.25) is 9.69 Å². The van der Waals surface area contributed by atoms with E-state index in [4.69, 9.17) is 4.43 Å². The van der Waals surface area contributed by atoms with Crippen molar-refractivity contribution in [2.75, 3.05) is 32.7 Å². The Hall–Kier alpha value is -0.833. The van der Waals surface area contributed by atoms with E-state index in [1.807, 2.05) is 4.90 Å². The molecule has 1 atom stereocenters. The summed E-state index contributed by atoms with van der Waals surface area (Å²) in [7, 11) is -1.81. The van der Waals surface area contributed by atoms with Gasteiger partial charge in [0.05, 0.1) is 25.6 Å². The number of carbonyl (C=O) groups is 1. The first-order valence-corrected chi connectivity index (χ1v) is 11.7. The van der Waals surface area contributed by atoms with Crippen LogP contribution in [0.25, 0.3) is 0 Å². The molecule has 2 saturated heterocycles. The number of amides is 1. The van der Waals surface area contributed by atoms with Crippen molar-refractivity contribution in [2.45, 2.75) is 64.3 Å². The van der Waals surface area contributed by atoms with Crippen molar-refractivity contribution in [1.29, 1.82) is 0 Å². The molecule has 0 bridgehead atoms. The van der Waals surface area contributed by atoms with Crippen LogP contribution in [0.15, 0.2) is 0 Å². The molecule has 0 N–H and O–H groups in total. The summed E-state index contributed by atoms with van der Waals surface area (Å²) in [6.07, 6.45) is 3.14. The third kappa shape index (κ3) is 5.07. The van der Waals surface area contributed by atoms with Crippen molar-refractivity contribution in [2.24, 2.45) is 0 Å². The van der Waals surface area contributed by atoms with E-state index >= 15 is 0 Å². The van der Waals surface area contributed by atoms with Crippen LogP contribution < -0.4 is 0 Å². The lowest BCUT2D eigenvalue weighted by Crippen LogP contribution is -2.44. The summed E-state index contributed by atoms with van der Waals surface area (Å²) in [5, 5.41) is 0.180. The zero-order valence-electron chi connectivity index (χ0n) is 15.4. The SMILES string of the molecule is CC(C)(C)[Si](C)(C)OC1CC(=O)N(CC#CCN2CCCC2)C1. The molecule has 2 fully saturated rings. The predicted octanol–water partition coefficient (Wildman–Crippen LogP) is 2.71. The van der Waals surface area contributed by atoms with E-state index in [1.54, 1.807) is 0 Å². The van der Waals surface area contributed by atoms with E-state index in [9.17, 15) is 4.79 Å². The third-order valence-corrected chi connectivity index (χ3v) is 9.88. The smallest absolute Gasteiger partial charge is 0.226 e. The molecule has 2 aliphatic rings. The van der Waals surface area contributed by atoms with Gasteiger partial charge in [-0.1, -0.05) is 32.6 Å². The predicted molar refractivity (Wildman–Crippen MR) is 96.7 cm³/mol. The first kappa shape index (κ1) is 18.5. The number of carbonyl (C=O) groups excluding carboxylic acids is 1. The summed E-state index contributed by atoms with van der Waals surface area (Å²) in [4.78, 5) is 16.4. The molecule has 2 rings (SSSR count). The molecular formula is C18H32N2O2Si. The van der Waals surface area contributed by atoms with Crippen LogP contribution in [-0.4, -0.2) is 62.9 Å². The maximum atomic E-state index is 12.2. The van der Waals surface area contributed by atoms with Crippen LogP contribution in [0.4, 0.5) is 0 Å². The Labute approximate surface area is 142 Å². The fraction of sp³-hybridized carbons (Fsp3) is 0.833. The van der Waals surface area contributed by atoms with Gasteiger partial charge in [0.15, 0.2) is 8.32 Å². The molecule has 5 heteroatoms. The molecule has 0 aromatic carbocycles. The Balaban J connectivity index is 1.79. The minimum absolute atomic E-state index is 0.0452. The maximum Gasteiger partial charge on any atom is 0.226 e.